The first-order valence-corrected chi connectivity index (χ1v) is 7.86. The smallest absolute Gasteiger partial charge is 0.254 e. The van der Waals surface area contributed by atoms with Gasteiger partial charge in [-0.1, -0.05) is 52.3 Å². The zero-order chi connectivity index (χ0) is 13.9. The van der Waals surface area contributed by atoms with Crippen molar-refractivity contribution >= 4 is 32.6 Å². The molecule has 1 aliphatic rings. The van der Waals surface area contributed by atoms with Crippen LogP contribution in [-0.2, 0) is 4.74 Å². The molecule has 1 amide bonds. The number of fused-ring (bicyclic) bond motifs is 1. The minimum atomic E-state index is 0.0922. The number of rotatable bonds is 2. The lowest BCUT2D eigenvalue weighted by Crippen LogP contribution is -2.49. The van der Waals surface area contributed by atoms with Gasteiger partial charge in [-0.25, -0.2) is 0 Å². The van der Waals surface area contributed by atoms with Gasteiger partial charge in [0.05, 0.1) is 19.3 Å². The van der Waals surface area contributed by atoms with Gasteiger partial charge in [-0.05, 0) is 16.8 Å². The lowest BCUT2D eigenvalue weighted by atomic mass is 10.0. The fourth-order valence-corrected chi connectivity index (χ4v) is 3.15. The number of halogens is 1. The van der Waals surface area contributed by atoms with Crippen molar-refractivity contribution in [2.75, 3.05) is 25.1 Å². The zero-order valence-corrected chi connectivity index (χ0v) is 12.7. The topological polar surface area (TPSA) is 29.5 Å². The predicted octanol–water partition coefficient (Wildman–Crippen LogP) is 3.08. The summed E-state index contributed by atoms with van der Waals surface area (Å²) in [5.74, 6) is 0.0922. The molecule has 1 unspecified atom stereocenters. The minimum absolute atomic E-state index is 0.0922. The maximum atomic E-state index is 12.8. The van der Waals surface area contributed by atoms with Crippen LogP contribution in [0.25, 0.3) is 10.8 Å². The molecule has 0 saturated carbocycles. The van der Waals surface area contributed by atoms with E-state index in [-0.39, 0.29) is 11.9 Å². The van der Waals surface area contributed by atoms with Crippen LogP contribution in [0.2, 0.25) is 0 Å². The summed E-state index contributed by atoms with van der Waals surface area (Å²) in [6.07, 6.45) is 0. The van der Waals surface area contributed by atoms with Crippen LogP contribution in [0.5, 0.6) is 0 Å². The van der Waals surface area contributed by atoms with Crippen molar-refractivity contribution in [3.05, 3.63) is 48.0 Å². The van der Waals surface area contributed by atoms with Crippen molar-refractivity contribution in [3.8, 4) is 0 Å². The highest BCUT2D eigenvalue weighted by atomic mass is 79.9. The number of carbonyl (C=O) groups excluding carboxylic acids is 1. The summed E-state index contributed by atoms with van der Waals surface area (Å²) in [7, 11) is 0. The second kappa shape index (κ2) is 5.94. The van der Waals surface area contributed by atoms with Gasteiger partial charge in [0.1, 0.15) is 0 Å². The van der Waals surface area contributed by atoms with Gasteiger partial charge in [-0.2, -0.15) is 0 Å². The Balaban J connectivity index is 1.99. The van der Waals surface area contributed by atoms with Crippen LogP contribution in [0.1, 0.15) is 10.4 Å². The summed E-state index contributed by atoms with van der Waals surface area (Å²) in [5, 5.41) is 2.85. The Bertz CT molecular complexity index is 623. The third-order valence-corrected chi connectivity index (χ3v) is 4.43. The number of hydrogen-bond donors (Lipinski definition) is 0. The molecule has 3 nitrogen and oxygen atoms in total. The van der Waals surface area contributed by atoms with Crippen LogP contribution in [0.15, 0.2) is 42.5 Å². The van der Waals surface area contributed by atoms with Crippen molar-refractivity contribution in [2.24, 2.45) is 0 Å². The molecule has 0 spiro atoms. The molecule has 104 valence electrons. The highest BCUT2D eigenvalue weighted by molar-refractivity contribution is 9.09. The third-order valence-electron chi connectivity index (χ3n) is 3.69. The Morgan fingerprint density at radius 2 is 2.05 bits per heavy atom. The number of nitrogens with zero attached hydrogens (tertiary/aromatic N) is 1. The van der Waals surface area contributed by atoms with E-state index in [9.17, 15) is 4.79 Å². The second-order valence-corrected chi connectivity index (χ2v) is 5.56. The number of ether oxygens (including phenoxy) is 1. The SMILES string of the molecule is O=C(c1cccc2ccccc12)N1CCOCC1CBr. The lowest BCUT2D eigenvalue weighted by Gasteiger charge is -2.34. The molecule has 3 rings (SSSR count). The molecule has 0 bridgehead atoms. The molecule has 0 radical (unpaired) electrons. The van der Waals surface area contributed by atoms with Gasteiger partial charge in [0.25, 0.3) is 5.91 Å². The Morgan fingerprint density at radius 1 is 1.25 bits per heavy atom. The van der Waals surface area contributed by atoms with E-state index in [4.69, 9.17) is 4.74 Å². The van der Waals surface area contributed by atoms with Crippen LogP contribution in [0.3, 0.4) is 0 Å². The summed E-state index contributed by atoms with van der Waals surface area (Å²) in [4.78, 5) is 14.7. The molecular formula is C16H16BrNO2. The van der Waals surface area contributed by atoms with Gasteiger partial charge in [0.2, 0.25) is 0 Å². The molecule has 0 N–H and O–H groups in total. The van der Waals surface area contributed by atoms with E-state index in [0.717, 1.165) is 21.7 Å². The van der Waals surface area contributed by atoms with Crippen molar-refractivity contribution in [3.63, 3.8) is 0 Å². The molecule has 1 fully saturated rings. The number of benzene rings is 2. The van der Waals surface area contributed by atoms with Crippen molar-refractivity contribution < 1.29 is 9.53 Å². The summed E-state index contributed by atoms with van der Waals surface area (Å²) >= 11 is 3.47. The monoisotopic (exact) mass is 333 g/mol. The van der Waals surface area contributed by atoms with E-state index in [2.05, 4.69) is 15.9 Å². The lowest BCUT2D eigenvalue weighted by molar-refractivity contribution is 0.00536. The van der Waals surface area contributed by atoms with Crippen LogP contribution in [-0.4, -0.2) is 41.9 Å². The van der Waals surface area contributed by atoms with Crippen LogP contribution in [0, 0.1) is 0 Å². The van der Waals surface area contributed by atoms with E-state index < -0.39 is 0 Å². The van der Waals surface area contributed by atoms with Crippen molar-refractivity contribution in [2.45, 2.75) is 6.04 Å². The van der Waals surface area contributed by atoms with Crippen LogP contribution in [0.4, 0.5) is 0 Å². The Labute approximate surface area is 126 Å². The van der Waals surface area contributed by atoms with Crippen LogP contribution >= 0.6 is 15.9 Å². The van der Waals surface area contributed by atoms with Gasteiger partial charge in [0.15, 0.2) is 0 Å². The third kappa shape index (κ3) is 2.45. The Kier molecular flexibility index (Phi) is 4.03. The average Bonchev–Trinajstić information content (AvgIpc) is 2.53. The number of amides is 1. The standard InChI is InChI=1S/C16H16BrNO2/c17-10-13-11-20-9-8-18(13)16(19)15-7-3-5-12-4-1-2-6-14(12)15/h1-7,13H,8-11H2. The summed E-state index contributed by atoms with van der Waals surface area (Å²) in [5.41, 5.74) is 0.774. The van der Waals surface area contributed by atoms with Gasteiger partial charge >= 0.3 is 0 Å². The van der Waals surface area contributed by atoms with E-state index in [1.165, 1.54) is 0 Å². The highest BCUT2D eigenvalue weighted by Gasteiger charge is 2.27. The maximum absolute atomic E-state index is 12.8. The Morgan fingerprint density at radius 3 is 2.90 bits per heavy atom. The minimum Gasteiger partial charge on any atom is -0.377 e. The number of hydrogen-bond acceptors (Lipinski definition) is 2. The first kappa shape index (κ1) is 13.6. The van der Waals surface area contributed by atoms with Gasteiger partial charge in [-0.15, -0.1) is 0 Å². The number of alkyl halides is 1. The molecule has 1 atom stereocenters. The summed E-state index contributed by atoms with van der Waals surface area (Å²) in [6, 6.07) is 14.0. The zero-order valence-electron chi connectivity index (χ0n) is 11.1. The fourth-order valence-electron chi connectivity index (χ4n) is 2.62. The van der Waals surface area contributed by atoms with Gasteiger partial charge in [-0.3, -0.25) is 4.79 Å². The molecule has 0 aliphatic carbocycles. The second-order valence-electron chi connectivity index (χ2n) is 4.91. The molecule has 1 aliphatic heterocycles. The molecule has 2 aromatic rings. The molecule has 1 heterocycles. The molecular weight excluding hydrogens is 318 g/mol. The van der Waals surface area contributed by atoms with Crippen molar-refractivity contribution in [1.82, 2.24) is 4.90 Å². The molecule has 0 aromatic heterocycles. The predicted molar refractivity (Wildman–Crippen MR) is 83.4 cm³/mol. The normalized spacial score (nSPS) is 19.2. The molecule has 1 saturated heterocycles. The quantitative estimate of drug-likeness (QED) is 0.790. The highest BCUT2D eigenvalue weighted by Crippen LogP contribution is 2.22. The summed E-state index contributed by atoms with van der Waals surface area (Å²) < 4.78 is 5.45. The molecule has 20 heavy (non-hydrogen) atoms. The Hall–Kier alpha value is -1.39. The van der Waals surface area contributed by atoms with E-state index in [0.29, 0.717) is 19.8 Å². The largest absolute Gasteiger partial charge is 0.377 e. The average molecular weight is 334 g/mol. The fraction of sp³-hybridized carbons (Fsp3) is 0.312. The summed E-state index contributed by atoms with van der Waals surface area (Å²) in [6.45, 7) is 1.86. The van der Waals surface area contributed by atoms with Crippen molar-refractivity contribution in [1.29, 1.82) is 0 Å². The van der Waals surface area contributed by atoms with E-state index >= 15 is 0 Å². The molecule has 4 heteroatoms. The first-order chi connectivity index (χ1) is 9.81. The van der Waals surface area contributed by atoms with E-state index in [1.54, 1.807) is 0 Å². The van der Waals surface area contributed by atoms with Crippen LogP contribution < -0.4 is 0 Å². The number of morpholine rings is 1. The molecule has 2 aromatic carbocycles. The first-order valence-electron chi connectivity index (χ1n) is 6.73. The maximum Gasteiger partial charge on any atom is 0.254 e. The number of carbonyl (C=O) groups is 1. The van der Waals surface area contributed by atoms with Gasteiger partial charge in [0, 0.05) is 17.4 Å². The van der Waals surface area contributed by atoms with E-state index in [1.807, 2.05) is 47.4 Å². The van der Waals surface area contributed by atoms with Gasteiger partial charge < -0.3 is 9.64 Å².